The molecule has 0 aliphatic rings. The molecule has 0 heterocycles. The van der Waals surface area contributed by atoms with Crippen molar-refractivity contribution in [3.8, 4) is 5.75 Å². The van der Waals surface area contributed by atoms with Crippen LogP contribution >= 0.6 is 0 Å². The van der Waals surface area contributed by atoms with E-state index in [9.17, 15) is 9.90 Å². The van der Waals surface area contributed by atoms with E-state index in [1.807, 2.05) is 0 Å². The molecule has 1 aromatic rings. The smallest absolute Gasteiger partial charge is 0.250 e. The monoisotopic (exact) mass is 181 g/mol. The fraction of sp³-hybridized carbons (Fsp3) is 0.222. The van der Waals surface area contributed by atoms with Crippen LogP contribution < -0.4 is 10.5 Å². The average molecular weight is 181 g/mol. The summed E-state index contributed by atoms with van der Waals surface area (Å²) in [6.45, 7) is 0. The minimum Gasteiger partial charge on any atom is -0.497 e. The minimum atomic E-state index is -1.27. The fourth-order valence-corrected chi connectivity index (χ4v) is 0.976. The Bertz CT molecular complexity index is 311. The second kappa shape index (κ2) is 3.91. The van der Waals surface area contributed by atoms with E-state index in [1.54, 1.807) is 24.3 Å². The van der Waals surface area contributed by atoms with Crippen LogP contribution in [-0.2, 0) is 4.79 Å². The van der Waals surface area contributed by atoms with Crippen LogP contribution in [0, 0.1) is 0 Å². The van der Waals surface area contributed by atoms with Gasteiger partial charge in [-0.25, -0.2) is 0 Å². The Morgan fingerprint density at radius 1 is 1.62 bits per heavy atom. The lowest BCUT2D eigenvalue weighted by molar-refractivity contribution is -0.126. The molecular formula is C9H11NO3. The highest BCUT2D eigenvalue weighted by Crippen LogP contribution is 2.18. The zero-order chi connectivity index (χ0) is 9.84. The van der Waals surface area contributed by atoms with E-state index in [1.165, 1.54) is 7.11 Å². The van der Waals surface area contributed by atoms with Gasteiger partial charge in [0.05, 0.1) is 7.11 Å². The standard InChI is InChI=1S/C9H11NO3/c1-13-7-4-2-3-6(5-7)8(11)9(10)12/h2-5,8,11H,1H3,(H2,10,12). The molecule has 0 bridgehead atoms. The quantitative estimate of drug-likeness (QED) is 0.700. The molecule has 0 aromatic heterocycles. The van der Waals surface area contributed by atoms with Gasteiger partial charge >= 0.3 is 0 Å². The van der Waals surface area contributed by atoms with Crippen molar-refractivity contribution >= 4 is 5.91 Å². The summed E-state index contributed by atoms with van der Waals surface area (Å²) >= 11 is 0. The molecule has 1 amide bonds. The van der Waals surface area contributed by atoms with Crippen LogP contribution in [0.1, 0.15) is 11.7 Å². The molecule has 4 nitrogen and oxygen atoms in total. The van der Waals surface area contributed by atoms with Crippen LogP contribution in [0.4, 0.5) is 0 Å². The van der Waals surface area contributed by atoms with Gasteiger partial charge in [0.1, 0.15) is 5.75 Å². The third-order valence-electron chi connectivity index (χ3n) is 1.68. The maximum Gasteiger partial charge on any atom is 0.250 e. The van der Waals surface area contributed by atoms with E-state index >= 15 is 0 Å². The van der Waals surface area contributed by atoms with Gasteiger partial charge in [-0.1, -0.05) is 12.1 Å². The summed E-state index contributed by atoms with van der Waals surface area (Å²) in [6, 6.07) is 6.57. The van der Waals surface area contributed by atoms with Gasteiger partial charge in [0.15, 0.2) is 6.10 Å². The summed E-state index contributed by atoms with van der Waals surface area (Å²) in [6.07, 6.45) is -1.27. The largest absolute Gasteiger partial charge is 0.497 e. The summed E-state index contributed by atoms with van der Waals surface area (Å²) in [5, 5.41) is 9.29. The average Bonchev–Trinajstić information content (AvgIpc) is 2.16. The van der Waals surface area contributed by atoms with Gasteiger partial charge in [-0.3, -0.25) is 4.79 Å². The third kappa shape index (κ3) is 2.19. The molecule has 4 heteroatoms. The number of methoxy groups -OCH3 is 1. The fourth-order valence-electron chi connectivity index (χ4n) is 0.976. The van der Waals surface area contributed by atoms with Gasteiger partial charge in [-0.15, -0.1) is 0 Å². The number of carbonyl (C=O) groups excluding carboxylic acids is 1. The van der Waals surface area contributed by atoms with Gasteiger partial charge < -0.3 is 15.6 Å². The van der Waals surface area contributed by atoms with Gasteiger partial charge in [0.2, 0.25) is 0 Å². The summed E-state index contributed by atoms with van der Waals surface area (Å²) in [5.74, 6) is -0.189. The van der Waals surface area contributed by atoms with Crippen LogP contribution in [0.25, 0.3) is 0 Å². The number of hydrogen-bond acceptors (Lipinski definition) is 3. The second-order valence-electron chi connectivity index (χ2n) is 2.58. The number of aliphatic hydroxyl groups is 1. The Balaban J connectivity index is 2.94. The zero-order valence-electron chi connectivity index (χ0n) is 7.23. The lowest BCUT2D eigenvalue weighted by Gasteiger charge is -2.07. The van der Waals surface area contributed by atoms with Gasteiger partial charge in [0, 0.05) is 0 Å². The van der Waals surface area contributed by atoms with E-state index in [2.05, 4.69) is 0 Å². The number of amides is 1. The first-order valence-corrected chi connectivity index (χ1v) is 3.76. The van der Waals surface area contributed by atoms with E-state index in [0.29, 0.717) is 11.3 Å². The Labute approximate surface area is 75.9 Å². The summed E-state index contributed by atoms with van der Waals surface area (Å²) in [4.78, 5) is 10.6. The number of hydrogen-bond donors (Lipinski definition) is 2. The number of nitrogens with two attached hydrogens (primary N) is 1. The van der Waals surface area contributed by atoms with Crippen molar-refractivity contribution in [1.82, 2.24) is 0 Å². The molecule has 0 spiro atoms. The highest BCUT2D eigenvalue weighted by atomic mass is 16.5. The first-order chi connectivity index (χ1) is 6.15. The number of rotatable bonds is 3. The summed E-state index contributed by atoms with van der Waals surface area (Å²) in [7, 11) is 1.51. The second-order valence-corrected chi connectivity index (χ2v) is 2.58. The van der Waals surface area contributed by atoms with Crippen molar-refractivity contribution in [2.75, 3.05) is 7.11 Å². The van der Waals surface area contributed by atoms with Crippen LogP contribution in [-0.4, -0.2) is 18.1 Å². The maximum atomic E-state index is 10.6. The lowest BCUT2D eigenvalue weighted by atomic mass is 10.1. The number of benzene rings is 1. The zero-order valence-corrected chi connectivity index (χ0v) is 7.23. The van der Waals surface area contributed by atoms with Crippen molar-refractivity contribution in [2.45, 2.75) is 6.10 Å². The summed E-state index contributed by atoms with van der Waals surface area (Å²) < 4.78 is 4.92. The molecule has 1 unspecified atom stereocenters. The van der Waals surface area contributed by atoms with Gasteiger partial charge in [0.25, 0.3) is 5.91 Å². The predicted molar refractivity (Wildman–Crippen MR) is 47.1 cm³/mol. The first-order valence-electron chi connectivity index (χ1n) is 3.76. The van der Waals surface area contributed by atoms with Crippen molar-refractivity contribution in [2.24, 2.45) is 5.73 Å². The Morgan fingerprint density at radius 2 is 2.31 bits per heavy atom. The number of primary amides is 1. The predicted octanol–water partition coefficient (Wildman–Crippen LogP) is 0.214. The lowest BCUT2D eigenvalue weighted by Crippen LogP contribution is -2.20. The molecule has 0 radical (unpaired) electrons. The van der Waals surface area contributed by atoms with Crippen molar-refractivity contribution in [3.63, 3.8) is 0 Å². The topological polar surface area (TPSA) is 72.6 Å². The Hall–Kier alpha value is -1.55. The molecular weight excluding hydrogens is 170 g/mol. The van der Waals surface area contributed by atoms with Gasteiger partial charge in [-0.2, -0.15) is 0 Å². The third-order valence-corrected chi connectivity index (χ3v) is 1.68. The number of aliphatic hydroxyl groups excluding tert-OH is 1. The molecule has 13 heavy (non-hydrogen) atoms. The van der Waals surface area contributed by atoms with Crippen molar-refractivity contribution < 1.29 is 14.6 Å². The molecule has 70 valence electrons. The van der Waals surface area contributed by atoms with Crippen LogP contribution in [0.3, 0.4) is 0 Å². The molecule has 0 aliphatic carbocycles. The highest BCUT2D eigenvalue weighted by Gasteiger charge is 2.13. The molecule has 0 saturated carbocycles. The first kappa shape index (κ1) is 9.54. The normalized spacial score (nSPS) is 12.2. The minimum absolute atomic E-state index is 0.437. The molecule has 0 fully saturated rings. The van der Waals surface area contributed by atoms with Crippen molar-refractivity contribution in [3.05, 3.63) is 29.8 Å². The molecule has 1 rings (SSSR count). The van der Waals surface area contributed by atoms with Crippen LogP contribution in [0.5, 0.6) is 5.75 Å². The molecule has 0 saturated heterocycles. The van der Waals surface area contributed by atoms with Crippen LogP contribution in [0.2, 0.25) is 0 Å². The Kier molecular flexibility index (Phi) is 2.87. The number of carbonyl (C=O) groups is 1. The molecule has 3 N–H and O–H groups in total. The van der Waals surface area contributed by atoms with E-state index in [0.717, 1.165) is 0 Å². The van der Waals surface area contributed by atoms with E-state index < -0.39 is 12.0 Å². The van der Waals surface area contributed by atoms with Gasteiger partial charge in [-0.05, 0) is 17.7 Å². The van der Waals surface area contributed by atoms with E-state index in [-0.39, 0.29) is 0 Å². The summed E-state index contributed by atoms with van der Waals surface area (Å²) in [5.41, 5.74) is 5.37. The highest BCUT2D eigenvalue weighted by molar-refractivity contribution is 5.80. The maximum absolute atomic E-state index is 10.6. The number of ether oxygens (including phenoxy) is 1. The molecule has 0 aliphatic heterocycles. The Morgan fingerprint density at radius 3 is 2.85 bits per heavy atom. The van der Waals surface area contributed by atoms with Crippen molar-refractivity contribution in [1.29, 1.82) is 0 Å². The van der Waals surface area contributed by atoms with Crippen LogP contribution in [0.15, 0.2) is 24.3 Å². The SMILES string of the molecule is COc1cccc(C(O)C(N)=O)c1. The molecule has 1 aromatic carbocycles. The van der Waals surface area contributed by atoms with E-state index in [4.69, 9.17) is 10.5 Å². The molecule has 1 atom stereocenters.